The standard InChI is InChI=1S/C15H20N4O5/c20-14(16-6-10-24-17-22)13-5-4-7-18(11-13)12-23-15(21)19-8-2-1-3-9-19/h4-5,7,11H,1-3,6,8-10,12H2/p+1. The Bertz CT molecular complexity index is 575. The molecule has 0 bridgehead atoms. The van der Waals surface area contributed by atoms with Gasteiger partial charge in [-0.3, -0.25) is 4.79 Å². The molecule has 0 aromatic carbocycles. The molecule has 0 atom stereocenters. The van der Waals surface area contributed by atoms with Crippen LogP contribution in [0.2, 0.25) is 0 Å². The predicted molar refractivity (Wildman–Crippen MR) is 82.6 cm³/mol. The van der Waals surface area contributed by atoms with Crippen LogP contribution in [-0.4, -0.2) is 43.1 Å². The normalized spacial score (nSPS) is 13.9. The molecule has 2 amide bonds. The Balaban J connectivity index is 1.82. The van der Waals surface area contributed by atoms with Crippen molar-refractivity contribution in [3.8, 4) is 0 Å². The van der Waals surface area contributed by atoms with E-state index in [0.29, 0.717) is 5.56 Å². The monoisotopic (exact) mass is 337 g/mol. The van der Waals surface area contributed by atoms with Crippen LogP contribution >= 0.6 is 0 Å². The number of carbonyl (C=O) groups is 2. The minimum Gasteiger partial charge on any atom is -0.388 e. The van der Waals surface area contributed by atoms with Gasteiger partial charge in [0.2, 0.25) is 0 Å². The number of nitrogens with zero attached hydrogens (tertiary/aromatic N) is 3. The molecule has 9 nitrogen and oxygen atoms in total. The highest BCUT2D eigenvalue weighted by Gasteiger charge is 2.19. The number of rotatable bonds is 7. The molecule has 0 saturated carbocycles. The molecule has 1 fully saturated rings. The molecule has 24 heavy (non-hydrogen) atoms. The number of aromatic nitrogens is 1. The summed E-state index contributed by atoms with van der Waals surface area (Å²) in [6.45, 7) is 1.67. The lowest BCUT2D eigenvalue weighted by molar-refractivity contribution is -0.727. The molecule has 130 valence electrons. The predicted octanol–water partition coefficient (Wildman–Crippen LogP) is 0.982. The SMILES string of the molecule is O=NOCCNC(=O)c1ccc[n+](COC(=O)N2CCCCC2)c1. The highest BCUT2D eigenvalue weighted by molar-refractivity contribution is 5.93. The summed E-state index contributed by atoms with van der Waals surface area (Å²) in [6, 6.07) is 3.32. The zero-order valence-electron chi connectivity index (χ0n) is 13.3. The van der Waals surface area contributed by atoms with Gasteiger partial charge in [0.15, 0.2) is 17.7 Å². The van der Waals surface area contributed by atoms with Gasteiger partial charge in [-0.1, -0.05) is 0 Å². The molecular formula is C15H21N4O5+. The van der Waals surface area contributed by atoms with Gasteiger partial charge in [-0.05, 0) is 25.3 Å². The van der Waals surface area contributed by atoms with Crippen LogP contribution in [-0.2, 0) is 16.3 Å². The molecule has 1 aliphatic rings. The number of likely N-dealkylation sites (tertiary alicyclic amines) is 1. The topological polar surface area (TPSA) is 101 Å². The first-order chi connectivity index (χ1) is 11.7. The molecule has 0 radical (unpaired) electrons. The van der Waals surface area contributed by atoms with Crippen LogP contribution in [0.1, 0.15) is 29.6 Å². The maximum Gasteiger partial charge on any atom is 0.414 e. The van der Waals surface area contributed by atoms with Crippen LogP contribution in [0.25, 0.3) is 0 Å². The fraction of sp³-hybridized carbons (Fsp3) is 0.533. The van der Waals surface area contributed by atoms with Crippen molar-refractivity contribution in [2.45, 2.75) is 26.0 Å². The maximum absolute atomic E-state index is 12.0. The van der Waals surface area contributed by atoms with Gasteiger partial charge < -0.3 is 19.8 Å². The molecule has 0 unspecified atom stereocenters. The Labute approximate surface area is 139 Å². The average molecular weight is 337 g/mol. The molecule has 1 aromatic rings. The summed E-state index contributed by atoms with van der Waals surface area (Å²) in [4.78, 5) is 39.6. The van der Waals surface area contributed by atoms with Crippen molar-refractivity contribution in [3.63, 3.8) is 0 Å². The van der Waals surface area contributed by atoms with Crippen molar-refractivity contribution in [1.82, 2.24) is 10.2 Å². The van der Waals surface area contributed by atoms with Gasteiger partial charge in [0.25, 0.3) is 12.6 Å². The van der Waals surface area contributed by atoms with Crippen molar-refractivity contribution in [1.29, 1.82) is 0 Å². The minimum absolute atomic E-state index is 0.00945. The number of piperidine rings is 1. The lowest BCUT2D eigenvalue weighted by Gasteiger charge is -2.25. The Hall–Kier alpha value is -2.71. The second-order valence-electron chi connectivity index (χ2n) is 5.36. The molecule has 2 heterocycles. The van der Waals surface area contributed by atoms with E-state index in [1.165, 1.54) is 0 Å². The van der Waals surface area contributed by atoms with Crippen molar-refractivity contribution in [2.24, 2.45) is 5.34 Å². The molecule has 2 rings (SSSR count). The first-order valence-corrected chi connectivity index (χ1v) is 7.84. The molecule has 1 aromatic heterocycles. The first-order valence-electron chi connectivity index (χ1n) is 7.84. The number of pyridine rings is 1. The Morgan fingerprint density at radius 3 is 2.83 bits per heavy atom. The van der Waals surface area contributed by atoms with E-state index in [-0.39, 0.29) is 31.9 Å². The highest BCUT2D eigenvalue weighted by Crippen LogP contribution is 2.09. The molecular weight excluding hydrogens is 316 g/mol. The second-order valence-corrected chi connectivity index (χ2v) is 5.36. The van der Waals surface area contributed by atoms with Gasteiger partial charge in [0.1, 0.15) is 12.2 Å². The van der Waals surface area contributed by atoms with Gasteiger partial charge >= 0.3 is 6.09 Å². The fourth-order valence-corrected chi connectivity index (χ4v) is 2.38. The van der Waals surface area contributed by atoms with Crippen LogP contribution in [0.5, 0.6) is 0 Å². The van der Waals surface area contributed by atoms with E-state index >= 15 is 0 Å². The van der Waals surface area contributed by atoms with E-state index in [2.05, 4.69) is 15.5 Å². The largest absolute Gasteiger partial charge is 0.414 e. The summed E-state index contributed by atoms with van der Waals surface area (Å²) >= 11 is 0. The number of amides is 2. The van der Waals surface area contributed by atoms with Crippen LogP contribution in [0.15, 0.2) is 29.9 Å². The lowest BCUT2D eigenvalue weighted by Crippen LogP contribution is -2.42. The van der Waals surface area contributed by atoms with E-state index in [1.807, 2.05) is 0 Å². The summed E-state index contributed by atoms with van der Waals surface area (Å²) in [5.41, 5.74) is 0.408. The third-order valence-electron chi connectivity index (χ3n) is 3.60. The lowest BCUT2D eigenvalue weighted by atomic mass is 10.1. The molecule has 9 heteroatoms. The van der Waals surface area contributed by atoms with E-state index in [9.17, 15) is 14.5 Å². The van der Waals surface area contributed by atoms with Gasteiger partial charge in [-0.2, -0.15) is 4.57 Å². The Morgan fingerprint density at radius 2 is 2.08 bits per heavy atom. The van der Waals surface area contributed by atoms with Crippen molar-refractivity contribution in [3.05, 3.63) is 35.0 Å². The van der Waals surface area contributed by atoms with E-state index in [4.69, 9.17) is 4.74 Å². The van der Waals surface area contributed by atoms with Gasteiger partial charge in [-0.25, -0.2) is 4.79 Å². The summed E-state index contributed by atoms with van der Waals surface area (Å²) in [5, 5.41) is 4.83. The van der Waals surface area contributed by atoms with E-state index < -0.39 is 0 Å². The second kappa shape index (κ2) is 9.43. The number of hydrogen-bond donors (Lipinski definition) is 1. The fourth-order valence-electron chi connectivity index (χ4n) is 2.38. The molecule has 1 aliphatic heterocycles. The highest BCUT2D eigenvalue weighted by atomic mass is 16.7. The van der Waals surface area contributed by atoms with E-state index in [0.717, 1.165) is 32.4 Å². The third kappa shape index (κ3) is 5.49. The maximum atomic E-state index is 12.0. The summed E-state index contributed by atoms with van der Waals surface area (Å²) in [7, 11) is 0. The smallest absolute Gasteiger partial charge is 0.388 e. The zero-order valence-corrected chi connectivity index (χ0v) is 13.3. The number of carbonyl (C=O) groups excluding carboxylic acids is 2. The molecule has 0 spiro atoms. The zero-order chi connectivity index (χ0) is 17.2. The van der Waals surface area contributed by atoms with Crippen molar-refractivity contribution in [2.75, 3.05) is 26.2 Å². The average Bonchev–Trinajstić information content (AvgIpc) is 2.64. The van der Waals surface area contributed by atoms with E-state index in [1.54, 1.807) is 34.0 Å². The summed E-state index contributed by atoms with van der Waals surface area (Å²) < 4.78 is 6.88. The summed E-state index contributed by atoms with van der Waals surface area (Å²) in [5.74, 6) is -0.318. The third-order valence-corrected chi connectivity index (χ3v) is 3.60. The molecule has 1 N–H and O–H groups in total. The van der Waals surface area contributed by atoms with Gasteiger partial charge in [-0.15, -0.1) is 4.91 Å². The van der Waals surface area contributed by atoms with Gasteiger partial charge in [0, 0.05) is 19.2 Å². The van der Waals surface area contributed by atoms with Crippen molar-refractivity contribution < 1.29 is 23.7 Å². The number of ether oxygens (including phenoxy) is 1. The molecule has 0 aliphatic carbocycles. The van der Waals surface area contributed by atoms with Crippen LogP contribution in [0, 0.1) is 4.91 Å². The molecule has 1 saturated heterocycles. The Kier molecular flexibility index (Phi) is 6.93. The van der Waals surface area contributed by atoms with Crippen LogP contribution in [0.4, 0.5) is 4.79 Å². The van der Waals surface area contributed by atoms with Gasteiger partial charge in [0.05, 0.1) is 6.54 Å². The minimum atomic E-state index is -0.337. The van der Waals surface area contributed by atoms with Crippen LogP contribution in [0.3, 0.4) is 0 Å². The quantitative estimate of drug-likeness (QED) is 0.346. The summed E-state index contributed by atoms with van der Waals surface area (Å²) in [6.07, 6.45) is 6.10. The Morgan fingerprint density at radius 1 is 1.29 bits per heavy atom. The number of nitrogens with one attached hydrogen (secondary N) is 1. The van der Waals surface area contributed by atoms with Crippen LogP contribution < -0.4 is 9.88 Å². The number of hydrogen-bond acceptors (Lipinski definition) is 6. The first kappa shape index (κ1) is 17.6. The van der Waals surface area contributed by atoms with Crippen molar-refractivity contribution >= 4 is 12.0 Å².